The molecule has 0 aliphatic rings. The van der Waals surface area contributed by atoms with E-state index in [0.717, 1.165) is 15.7 Å². The number of hydrogen-bond donors (Lipinski definition) is 1. The number of halogens is 2. The number of aryl methyl sites for hydroxylation is 1. The first-order chi connectivity index (χ1) is 8.08. The summed E-state index contributed by atoms with van der Waals surface area (Å²) in [5.41, 5.74) is 7.49. The topological polar surface area (TPSA) is 35.2 Å². The van der Waals surface area contributed by atoms with E-state index >= 15 is 0 Å². The fourth-order valence-electron chi connectivity index (χ4n) is 1.39. The smallest absolute Gasteiger partial charge is 0.146 e. The van der Waals surface area contributed by atoms with E-state index in [-0.39, 0.29) is 0 Å². The summed E-state index contributed by atoms with van der Waals surface area (Å²) in [5, 5.41) is 0.578. The average molecular weight is 313 g/mol. The lowest BCUT2D eigenvalue weighted by Gasteiger charge is -2.11. The number of ether oxygens (including phenoxy) is 1. The zero-order chi connectivity index (χ0) is 12.4. The number of para-hydroxylation sites is 1. The van der Waals surface area contributed by atoms with E-state index in [1.165, 1.54) is 0 Å². The Balaban J connectivity index is 2.37. The highest BCUT2D eigenvalue weighted by atomic mass is 79.9. The second-order valence-electron chi connectivity index (χ2n) is 3.67. The Hall–Kier alpha value is -1.19. The highest BCUT2D eigenvalue weighted by Crippen LogP contribution is 2.35. The largest absolute Gasteiger partial charge is 0.455 e. The Bertz CT molecular complexity index is 557. The number of hydrogen-bond acceptors (Lipinski definition) is 2. The van der Waals surface area contributed by atoms with Gasteiger partial charge in [-0.3, -0.25) is 0 Å². The molecule has 0 aromatic heterocycles. The SMILES string of the molecule is Cc1cc(Oc2ccccc2Cl)c(Br)cc1N. The van der Waals surface area contributed by atoms with Gasteiger partial charge in [-0.15, -0.1) is 0 Å². The summed E-state index contributed by atoms with van der Waals surface area (Å²) in [6.45, 7) is 1.93. The van der Waals surface area contributed by atoms with Crippen LogP contribution < -0.4 is 10.5 Å². The second kappa shape index (κ2) is 4.98. The molecule has 0 atom stereocenters. The molecule has 2 aromatic rings. The summed E-state index contributed by atoms with van der Waals surface area (Å²) in [4.78, 5) is 0. The third kappa shape index (κ3) is 2.73. The molecule has 2 aromatic carbocycles. The summed E-state index contributed by atoms with van der Waals surface area (Å²) in [6, 6.07) is 11.0. The van der Waals surface area contributed by atoms with Gasteiger partial charge in [-0.25, -0.2) is 0 Å². The van der Waals surface area contributed by atoms with Gasteiger partial charge in [-0.05, 0) is 52.7 Å². The van der Waals surface area contributed by atoms with Gasteiger partial charge in [0.25, 0.3) is 0 Å². The second-order valence-corrected chi connectivity index (χ2v) is 4.93. The number of nitrogens with two attached hydrogens (primary N) is 1. The Labute approximate surface area is 113 Å². The van der Waals surface area contributed by atoms with Crippen molar-refractivity contribution in [2.24, 2.45) is 0 Å². The van der Waals surface area contributed by atoms with Crippen molar-refractivity contribution in [2.75, 3.05) is 5.73 Å². The van der Waals surface area contributed by atoms with Crippen molar-refractivity contribution in [3.05, 3.63) is 51.5 Å². The standard InChI is InChI=1S/C13H11BrClNO/c1-8-6-13(9(14)7-11(8)16)17-12-5-3-2-4-10(12)15/h2-7H,16H2,1H3. The fraction of sp³-hybridized carbons (Fsp3) is 0.0769. The van der Waals surface area contributed by atoms with E-state index < -0.39 is 0 Å². The molecule has 0 saturated heterocycles. The van der Waals surface area contributed by atoms with Crippen molar-refractivity contribution < 1.29 is 4.74 Å². The maximum atomic E-state index is 6.03. The van der Waals surface area contributed by atoms with Crippen LogP contribution in [0.1, 0.15) is 5.56 Å². The molecule has 17 heavy (non-hydrogen) atoms. The number of benzene rings is 2. The number of nitrogen functional groups attached to an aromatic ring is 1. The molecule has 4 heteroatoms. The van der Waals surface area contributed by atoms with Gasteiger partial charge in [-0.1, -0.05) is 23.7 Å². The third-order valence-electron chi connectivity index (χ3n) is 2.38. The molecule has 2 rings (SSSR count). The molecule has 0 spiro atoms. The van der Waals surface area contributed by atoms with Crippen LogP contribution in [0.15, 0.2) is 40.9 Å². The molecular formula is C13H11BrClNO. The zero-order valence-corrected chi connectivity index (χ0v) is 11.5. The summed E-state index contributed by atoms with van der Waals surface area (Å²) in [6.07, 6.45) is 0. The lowest BCUT2D eigenvalue weighted by molar-refractivity contribution is 0.479. The molecule has 0 aliphatic heterocycles. The predicted molar refractivity (Wildman–Crippen MR) is 74.8 cm³/mol. The van der Waals surface area contributed by atoms with Crippen LogP contribution >= 0.6 is 27.5 Å². The predicted octanol–water partition coefficient (Wildman–Crippen LogP) is 4.79. The molecule has 0 heterocycles. The fourth-order valence-corrected chi connectivity index (χ4v) is 2.01. The maximum absolute atomic E-state index is 6.03. The highest BCUT2D eigenvalue weighted by Gasteiger charge is 2.07. The minimum atomic E-state index is 0.578. The zero-order valence-electron chi connectivity index (χ0n) is 9.21. The van der Waals surface area contributed by atoms with Crippen LogP contribution in [-0.2, 0) is 0 Å². The Morgan fingerprint density at radius 1 is 1.18 bits per heavy atom. The van der Waals surface area contributed by atoms with E-state index in [0.29, 0.717) is 16.5 Å². The molecule has 0 saturated carbocycles. The van der Waals surface area contributed by atoms with Gasteiger partial charge in [0.2, 0.25) is 0 Å². The van der Waals surface area contributed by atoms with E-state index in [1.54, 1.807) is 6.07 Å². The van der Waals surface area contributed by atoms with Crippen molar-refractivity contribution in [1.29, 1.82) is 0 Å². The van der Waals surface area contributed by atoms with Crippen LogP contribution in [-0.4, -0.2) is 0 Å². The van der Waals surface area contributed by atoms with Crippen molar-refractivity contribution in [3.8, 4) is 11.5 Å². The van der Waals surface area contributed by atoms with Crippen LogP contribution in [0.4, 0.5) is 5.69 Å². The molecule has 0 aliphatic carbocycles. The normalized spacial score (nSPS) is 10.3. The summed E-state index contributed by atoms with van der Waals surface area (Å²) >= 11 is 9.45. The minimum absolute atomic E-state index is 0.578. The van der Waals surface area contributed by atoms with Crippen LogP contribution in [0.3, 0.4) is 0 Å². The molecule has 2 N–H and O–H groups in total. The van der Waals surface area contributed by atoms with E-state index in [9.17, 15) is 0 Å². The third-order valence-corrected chi connectivity index (χ3v) is 3.31. The van der Waals surface area contributed by atoms with Crippen LogP contribution in [0.25, 0.3) is 0 Å². The Kier molecular flexibility index (Phi) is 3.60. The van der Waals surface area contributed by atoms with Crippen LogP contribution in [0, 0.1) is 6.92 Å². The summed E-state index contributed by atoms with van der Waals surface area (Å²) < 4.78 is 6.55. The van der Waals surface area contributed by atoms with E-state index in [1.807, 2.05) is 37.3 Å². The Morgan fingerprint density at radius 3 is 2.59 bits per heavy atom. The monoisotopic (exact) mass is 311 g/mol. The first kappa shape index (κ1) is 12.3. The Morgan fingerprint density at radius 2 is 1.88 bits per heavy atom. The van der Waals surface area contributed by atoms with E-state index in [2.05, 4.69) is 15.9 Å². The van der Waals surface area contributed by atoms with Crippen molar-refractivity contribution >= 4 is 33.2 Å². The number of rotatable bonds is 2. The molecule has 0 radical (unpaired) electrons. The molecule has 0 bridgehead atoms. The summed E-state index contributed by atoms with van der Waals surface area (Å²) in [7, 11) is 0. The average Bonchev–Trinajstić information content (AvgIpc) is 2.29. The van der Waals surface area contributed by atoms with Crippen molar-refractivity contribution in [1.82, 2.24) is 0 Å². The van der Waals surface area contributed by atoms with Gasteiger partial charge in [0.15, 0.2) is 0 Å². The van der Waals surface area contributed by atoms with Crippen LogP contribution in [0.5, 0.6) is 11.5 Å². The van der Waals surface area contributed by atoms with Crippen molar-refractivity contribution in [3.63, 3.8) is 0 Å². The minimum Gasteiger partial charge on any atom is -0.455 e. The van der Waals surface area contributed by atoms with Gasteiger partial charge in [-0.2, -0.15) is 0 Å². The highest BCUT2D eigenvalue weighted by molar-refractivity contribution is 9.10. The number of anilines is 1. The molecule has 0 unspecified atom stereocenters. The van der Waals surface area contributed by atoms with Crippen LogP contribution in [0.2, 0.25) is 5.02 Å². The lowest BCUT2D eigenvalue weighted by atomic mass is 10.2. The van der Waals surface area contributed by atoms with Crippen molar-refractivity contribution in [2.45, 2.75) is 6.92 Å². The summed E-state index contributed by atoms with van der Waals surface area (Å²) in [5.74, 6) is 1.32. The molecule has 0 fully saturated rings. The molecular weight excluding hydrogens is 302 g/mol. The van der Waals surface area contributed by atoms with Gasteiger partial charge >= 0.3 is 0 Å². The molecule has 0 amide bonds. The van der Waals surface area contributed by atoms with Gasteiger partial charge < -0.3 is 10.5 Å². The molecule has 88 valence electrons. The quantitative estimate of drug-likeness (QED) is 0.810. The lowest BCUT2D eigenvalue weighted by Crippen LogP contribution is -1.92. The van der Waals surface area contributed by atoms with Gasteiger partial charge in [0, 0.05) is 5.69 Å². The van der Waals surface area contributed by atoms with Gasteiger partial charge in [0.05, 0.1) is 9.50 Å². The maximum Gasteiger partial charge on any atom is 0.146 e. The first-order valence-corrected chi connectivity index (χ1v) is 6.23. The van der Waals surface area contributed by atoms with E-state index in [4.69, 9.17) is 22.1 Å². The van der Waals surface area contributed by atoms with Gasteiger partial charge in [0.1, 0.15) is 11.5 Å². The first-order valence-electron chi connectivity index (χ1n) is 5.06. The molecule has 2 nitrogen and oxygen atoms in total.